The van der Waals surface area contributed by atoms with Gasteiger partial charge in [0.25, 0.3) is 0 Å². The van der Waals surface area contributed by atoms with Gasteiger partial charge in [-0.2, -0.15) is 0 Å². The number of hydrogen-bond donors (Lipinski definition) is 1. The Morgan fingerprint density at radius 1 is 1.40 bits per heavy atom. The first-order valence-electron chi connectivity index (χ1n) is 7.17. The van der Waals surface area contributed by atoms with E-state index in [1.165, 1.54) is 18.9 Å². The molecule has 1 N–H and O–H groups in total. The summed E-state index contributed by atoms with van der Waals surface area (Å²) >= 11 is 3.41. The molecule has 0 amide bonds. The van der Waals surface area contributed by atoms with Gasteiger partial charge in [0.05, 0.1) is 0 Å². The Hall–Kier alpha value is -0.710. The van der Waals surface area contributed by atoms with Gasteiger partial charge in [0.2, 0.25) is 0 Å². The van der Waals surface area contributed by atoms with Gasteiger partial charge in [-0.25, -0.2) is 4.39 Å². The van der Waals surface area contributed by atoms with E-state index in [9.17, 15) is 4.39 Å². The van der Waals surface area contributed by atoms with Crippen molar-refractivity contribution in [3.05, 3.63) is 46.7 Å². The number of hydrogen-bond acceptors (Lipinski definition) is 2. The molecule has 0 aliphatic carbocycles. The Kier molecular flexibility index (Phi) is 6.20. The highest BCUT2D eigenvalue weighted by Gasteiger charge is 2.17. The van der Waals surface area contributed by atoms with Crippen LogP contribution < -0.4 is 5.32 Å². The summed E-state index contributed by atoms with van der Waals surface area (Å²) in [6.07, 6.45) is 4.31. The number of rotatable bonds is 6. The molecule has 0 spiro atoms. The molecule has 1 saturated heterocycles. The van der Waals surface area contributed by atoms with E-state index < -0.39 is 0 Å². The largest absolute Gasteiger partial charge is 0.317 e. The van der Waals surface area contributed by atoms with Crippen LogP contribution in [0.5, 0.6) is 0 Å². The molecule has 110 valence electrons. The van der Waals surface area contributed by atoms with Crippen LogP contribution in [0.1, 0.15) is 18.4 Å². The lowest BCUT2D eigenvalue weighted by Gasteiger charge is -2.29. The van der Waals surface area contributed by atoms with Gasteiger partial charge in [-0.3, -0.25) is 4.90 Å². The predicted octanol–water partition coefficient (Wildman–Crippen LogP) is 3.58. The highest BCUT2D eigenvalue weighted by atomic mass is 79.9. The fourth-order valence-corrected chi connectivity index (χ4v) is 3.13. The van der Waals surface area contributed by atoms with Crippen LogP contribution in [0.2, 0.25) is 0 Å². The maximum absolute atomic E-state index is 13.9. The number of nitrogens with zero attached hydrogens (tertiary/aromatic N) is 1. The van der Waals surface area contributed by atoms with E-state index >= 15 is 0 Å². The predicted molar refractivity (Wildman–Crippen MR) is 85.2 cm³/mol. The number of nitrogens with one attached hydrogen (secondary N) is 1. The Bertz CT molecular complexity index is 444. The molecule has 1 aliphatic heterocycles. The van der Waals surface area contributed by atoms with Crippen molar-refractivity contribution in [1.29, 1.82) is 0 Å². The van der Waals surface area contributed by atoms with Crippen molar-refractivity contribution >= 4 is 15.9 Å². The molecule has 2 rings (SSSR count). The van der Waals surface area contributed by atoms with Gasteiger partial charge in [-0.1, -0.05) is 22.0 Å². The number of piperidine rings is 1. The Balaban J connectivity index is 2.00. The number of benzene rings is 1. The maximum atomic E-state index is 13.9. The molecule has 4 heteroatoms. The molecule has 0 atom stereocenters. The third-order valence-electron chi connectivity index (χ3n) is 3.76. The summed E-state index contributed by atoms with van der Waals surface area (Å²) in [7, 11) is 0. The Labute approximate surface area is 129 Å². The maximum Gasteiger partial charge on any atom is 0.127 e. The van der Waals surface area contributed by atoms with Gasteiger partial charge in [0.15, 0.2) is 0 Å². The summed E-state index contributed by atoms with van der Waals surface area (Å²) in [4.78, 5) is 2.29. The summed E-state index contributed by atoms with van der Waals surface area (Å²) < 4.78 is 14.8. The summed E-state index contributed by atoms with van der Waals surface area (Å²) in [5.74, 6) is 0.569. The summed E-state index contributed by atoms with van der Waals surface area (Å²) in [5, 5.41) is 3.38. The average Bonchev–Trinajstić information content (AvgIpc) is 2.44. The van der Waals surface area contributed by atoms with Crippen LogP contribution in [0.25, 0.3) is 0 Å². The fourth-order valence-electron chi connectivity index (χ4n) is 2.72. The standard InChI is InChI=1S/C16H22BrFN2/c1-2-9-20(11-13-5-7-19-8-6-13)12-14-10-15(17)3-4-16(14)18/h2-4,10,13,19H,1,5-9,11-12H2. The molecule has 1 heterocycles. The molecular formula is C16H22BrFN2. The van der Waals surface area contributed by atoms with Crippen molar-refractivity contribution < 1.29 is 4.39 Å². The van der Waals surface area contributed by atoms with Crippen LogP contribution in [0, 0.1) is 11.7 Å². The van der Waals surface area contributed by atoms with Crippen LogP contribution in [-0.2, 0) is 6.54 Å². The zero-order valence-electron chi connectivity index (χ0n) is 11.7. The molecular weight excluding hydrogens is 319 g/mol. The van der Waals surface area contributed by atoms with E-state index in [4.69, 9.17) is 0 Å². The third kappa shape index (κ3) is 4.69. The van der Waals surface area contributed by atoms with Crippen LogP contribution in [0.4, 0.5) is 4.39 Å². The first-order chi connectivity index (χ1) is 9.69. The van der Waals surface area contributed by atoms with Crippen LogP contribution >= 0.6 is 15.9 Å². The lowest BCUT2D eigenvalue weighted by atomic mass is 9.97. The topological polar surface area (TPSA) is 15.3 Å². The van der Waals surface area contributed by atoms with Gasteiger partial charge in [0.1, 0.15) is 5.82 Å². The molecule has 0 bridgehead atoms. The molecule has 20 heavy (non-hydrogen) atoms. The third-order valence-corrected chi connectivity index (χ3v) is 4.26. The molecule has 0 radical (unpaired) electrons. The molecule has 1 fully saturated rings. The lowest BCUT2D eigenvalue weighted by molar-refractivity contribution is 0.213. The fraction of sp³-hybridized carbons (Fsp3) is 0.500. The van der Waals surface area contributed by atoms with Gasteiger partial charge < -0.3 is 5.32 Å². The average molecular weight is 341 g/mol. The van der Waals surface area contributed by atoms with E-state index in [0.717, 1.165) is 36.2 Å². The van der Waals surface area contributed by atoms with Gasteiger partial charge in [0, 0.05) is 29.7 Å². The zero-order chi connectivity index (χ0) is 14.4. The van der Waals surface area contributed by atoms with E-state index in [2.05, 4.69) is 32.7 Å². The summed E-state index contributed by atoms with van der Waals surface area (Å²) in [6, 6.07) is 5.13. The lowest BCUT2D eigenvalue weighted by Crippen LogP contribution is -2.36. The molecule has 0 aromatic heterocycles. The van der Waals surface area contributed by atoms with Crippen molar-refractivity contribution in [3.63, 3.8) is 0 Å². The second-order valence-electron chi connectivity index (χ2n) is 5.41. The minimum atomic E-state index is -0.132. The molecule has 1 aromatic carbocycles. The first kappa shape index (κ1) is 15.7. The molecule has 2 nitrogen and oxygen atoms in total. The molecule has 1 aliphatic rings. The number of halogens is 2. The molecule has 1 aromatic rings. The van der Waals surface area contributed by atoms with Crippen molar-refractivity contribution in [2.24, 2.45) is 5.92 Å². The van der Waals surface area contributed by atoms with Crippen LogP contribution in [0.3, 0.4) is 0 Å². The molecule has 0 saturated carbocycles. The Morgan fingerprint density at radius 2 is 2.15 bits per heavy atom. The quantitative estimate of drug-likeness (QED) is 0.796. The van der Waals surface area contributed by atoms with Gasteiger partial charge in [-0.05, 0) is 50.0 Å². The smallest absolute Gasteiger partial charge is 0.127 e. The van der Waals surface area contributed by atoms with E-state index in [1.54, 1.807) is 6.07 Å². The van der Waals surface area contributed by atoms with Crippen molar-refractivity contribution in [3.8, 4) is 0 Å². The summed E-state index contributed by atoms with van der Waals surface area (Å²) in [5.41, 5.74) is 0.746. The van der Waals surface area contributed by atoms with Crippen molar-refractivity contribution in [2.75, 3.05) is 26.2 Å². The second kappa shape index (κ2) is 7.91. The highest BCUT2D eigenvalue weighted by Crippen LogP contribution is 2.19. The first-order valence-corrected chi connectivity index (χ1v) is 7.96. The zero-order valence-corrected chi connectivity index (χ0v) is 13.3. The van der Waals surface area contributed by atoms with Crippen molar-refractivity contribution in [1.82, 2.24) is 10.2 Å². The SMILES string of the molecule is C=CCN(Cc1cc(Br)ccc1F)CC1CCNCC1. The van der Waals surface area contributed by atoms with E-state index in [-0.39, 0.29) is 5.82 Å². The van der Waals surface area contributed by atoms with E-state index in [1.807, 2.05) is 12.1 Å². The Morgan fingerprint density at radius 3 is 2.85 bits per heavy atom. The second-order valence-corrected chi connectivity index (χ2v) is 6.33. The summed E-state index contributed by atoms with van der Waals surface area (Å²) in [6.45, 7) is 8.46. The van der Waals surface area contributed by atoms with Crippen molar-refractivity contribution in [2.45, 2.75) is 19.4 Å². The van der Waals surface area contributed by atoms with Gasteiger partial charge >= 0.3 is 0 Å². The normalized spacial score (nSPS) is 16.6. The van der Waals surface area contributed by atoms with Gasteiger partial charge in [-0.15, -0.1) is 6.58 Å². The minimum absolute atomic E-state index is 0.132. The monoisotopic (exact) mass is 340 g/mol. The van der Waals surface area contributed by atoms with E-state index in [0.29, 0.717) is 12.5 Å². The highest BCUT2D eigenvalue weighted by molar-refractivity contribution is 9.10. The molecule has 0 unspecified atom stereocenters. The van der Waals surface area contributed by atoms with Crippen LogP contribution in [0.15, 0.2) is 35.3 Å². The minimum Gasteiger partial charge on any atom is -0.317 e. The van der Waals surface area contributed by atoms with Crippen LogP contribution in [-0.4, -0.2) is 31.1 Å².